The van der Waals surface area contributed by atoms with Crippen LogP contribution < -0.4 is 0 Å². The number of aliphatic carboxylic acids is 1. The molecular weight excluding hydrogens is 364 g/mol. The van der Waals surface area contributed by atoms with Crippen molar-refractivity contribution in [1.29, 1.82) is 0 Å². The zero-order valence-electron chi connectivity index (χ0n) is 15.2. The van der Waals surface area contributed by atoms with E-state index >= 15 is 0 Å². The van der Waals surface area contributed by atoms with Gasteiger partial charge in [0.05, 0.1) is 17.4 Å². The van der Waals surface area contributed by atoms with Crippen LogP contribution in [0.15, 0.2) is 47.1 Å². The van der Waals surface area contributed by atoms with E-state index in [1.165, 1.54) is 23.3 Å². The van der Waals surface area contributed by atoms with Crippen LogP contribution in [0.4, 0.5) is 0 Å². The molecule has 1 saturated heterocycles. The first-order valence-corrected chi connectivity index (χ1v) is 8.90. The molecule has 3 heterocycles. The minimum Gasteiger partial charge on any atom is -0.480 e. The maximum Gasteiger partial charge on any atom is 0.326 e. The maximum absolute atomic E-state index is 13.0. The molecule has 1 N–H and O–H groups in total. The van der Waals surface area contributed by atoms with Crippen molar-refractivity contribution in [3.8, 4) is 0 Å². The van der Waals surface area contributed by atoms with E-state index < -0.39 is 41.8 Å². The number of β-lactam (4-membered cyclic amide) rings is 1. The van der Waals surface area contributed by atoms with Crippen molar-refractivity contribution < 1.29 is 28.7 Å². The van der Waals surface area contributed by atoms with Gasteiger partial charge in [-0.2, -0.15) is 0 Å². The molecule has 8 nitrogen and oxygen atoms in total. The van der Waals surface area contributed by atoms with Crippen molar-refractivity contribution in [3.05, 3.63) is 59.5 Å². The SMILES string of the molecule is CC(C)[C@@H](C(=O)O)N1C(=O)[C@H](N2C(=O)c3ccccc3C2=O)[C@@H]1c1ccco1. The number of hydrogen-bond donors (Lipinski definition) is 1. The fourth-order valence-electron chi connectivity index (χ4n) is 3.99. The average molecular weight is 382 g/mol. The third-order valence-corrected chi connectivity index (χ3v) is 5.23. The molecule has 0 saturated carbocycles. The Kier molecular flexibility index (Phi) is 4.06. The van der Waals surface area contributed by atoms with Gasteiger partial charge in [0, 0.05) is 0 Å². The number of fused-ring (bicyclic) bond motifs is 1. The van der Waals surface area contributed by atoms with Gasteiger partial charge in [-0.25, -0.2) is 4.79 Å². The van der Waals surface area contributed by atoms with Crippen LogP contribution in [0.25, 0.3) is 0 Å². The van der Waals surface area contributed by atoms with Crippen LogP contribution in [0.2, 0.25) is 0 Å². The van der Waals surface area contributed by atoms with Crippen molar-refractivity contribution in [3.63, 3.8) is 0 Å². The Morgan fingerprint density at radius 3 is 2.07 bits per heavy atom. The van der Waals surface area contributed by atoms with E-state index in [9.17, 15) is 24.3 Å². The lowest BCUT2D eigenvalue weighted by molar-refractivity contribution is -0.173. The van der Waals surface area contributed by atoms with E-state index in [1.807, 2.05) is 0 Å². The Morgan fingerprint density at radius 2 is 1.61 bits per heavy atom. The molecule has 0 unspecified atom stereocenters. The van der Waals surface area contributed by atoms with Crippen LogP contribution in [0, 0.1) is 5.92 Å². The van der Waals surface area contributed by atoms with Gasteiger partial charge in [0.25, 0.3) is 11.8 Å². The Labute approximate surface area is 160 Å². The zero-order chi connectivity index (χ0) is 20.2. The van der Waals surface area contributed by atoms with Gasteiger partial charge in [-0.1, -0.05) is 26.0 Å². The summed E-state index contributed by atoms with van der Waals surface area (Å²) >= 11 is 0. The van der Waals surface area contributed by atoms with Gasteiger partial charge in [-0.05, 0) is 30.2 Å². The van der Waals surface area contributed by atoms with Crippen molar-refractivity contribution >= 4 is 23.7 Å². The monoisotopic (exact) mass is 382 g/mol. The lowest BCUT2D eigenvalue weighted by Gasteiger charge is -2.51. The van der Waals surface area contributed by atoms with Crippen LogP contribution in [0.3, 0.4) is 0 Å². The molecule has 3 amide bonds. The van der Waals surface area contributed by atoms with Gasteiger partial charge in [-0.15, -0.1) is 0 Å². The summed E-state index contributed by atoms with van der Waals surface area (Å²) in [6.07, 6.45) is 1.40. The van der Waals surface area contributed by atoms with E-state index in [0.29, 0.717) is 5.76 Å². The number of rotatable bonds is 5. The molecule has 2 aliphatic rings. The maximum atomic E-state index is 13.0. The number of benzene rings is 1. The molecule has 2 aromatic rings. The van der Waals surface area contributed by atoms with Crippen molar-refractivity contribution in [2.75, 3.05) is 0 Å². The minimum atomic E-state index is -1.15. The predicted octanol–water partition coefficient (Wildman–Crippen LogP) is 1.94. The number of likely N-dealkylation sites (tertiary alicyclic amines) is 1. The van der Waals surface area contributed by atoms with Gasteiger partial charge in [0.15, 0.2) is 0 Å². The zero-order valence-corrected chi connectivity index (χ0v) is 15.2. The molecule has 3 atom stereocenters. The van der Waals surface area contributed by atoms with Gasteiger partial charge in [-0.3, -0.25) is 19.3 Å². The largest absolute Gasteiger partial charge is 0.480 e. The summed E-state index contributed by atoms with van der Waals surface area (Å²) in [6, 6.07) is 6.48. The number of hydrogen-bond acceptors (Lipinski definition) is 5. The highest BCUT2D eigenvalue weighted by Crippen LogP contribution is 2.43. The Bertz CT molecular complexity index is 945. The number of amides is 3. The summed E-state index contributed by atoms with van der Waals surface area (Å²) in [7, 11) is 0. The molecule has 0 bridgehead atoms. The summed E-state index contributed by atoms with van der Waals surface area (Å²) in [5.74, 6) is -2.91. The normalized spacial score (nSPS) is 22.5. The quantitative estimate of drug-likeness (QED) is 0.625. The van der Waals surface area contributed by atoms with E-state index in [0.717, 1.165) is 4.90 Å². The van der Waals surface area contributed by atoms with Crippen molar-refractivity contribution in [1.82, 2.24) is 9.80 Å². The molecule has 8 heteroatoms. The molecule has 144 valence electrons. The van der Waals surface area contributed by atoms with Crippen LogP contribution in [-0.2, 0) is 9.59 Å². The average Bonchev–Trinajstić information content (AvgIpc) is 3.26. The third-order valence-electron chi connectivity index (χ3n) is 5.23. The van der Waals surface area contributed by atoms with E-state index in [2.05, 4.69) is 0 Å². The number of carbonyl (C=O) groups is 4. The number of carboxylic acids is 1. The van der Waals surface area contributed by atoms with Crippen molar-refractivity contribution in [2.45, 2.75) is 32.0 Å². The van der Waals surface area contributed by atoms with Gasteiger partial charge < -0.3 is 14.4 Å². The Balaban J connectivity index is 1.76. The number of carboxylic acid groups (broad SMARTS) is 1. The lowest BCUT2D eigenvalue weighted by atomic mass is 9.86. The topological polar surface area (TPSA) is 108 Å². The number of carbonyl (C=O) groups excluding carboxylic acids is 3. The third kappa shape index (κ3) is 2.37. The molecule has 1 aromatic heterocycles. The molecule has 0 spiro atoms. The number of imide groups is 1. The molecule has 0 aliphatic carbocycles. The summed E-state index contributed by atoms with van der Waals surface area (Å²) in [6.45, 7) is 3.39. The van der Waals surface area contributed by atoms with Crippen LogP contribution in [-0.4, -0.2) is 50.7 Å². The first-order valence-electron chi connectivity index (χ1n) is 8.90. The molecule has 2 aliphatic heterocycles. The molecule has 28 heavy (non-hydrogen) atoms. The summed E-state index contributed by atoms with van der Waals surface area (Å²) in [5, 5.41) is 9.64. The highest BCUT2D eigenvalue weighted by molar-refractivity contribution is 6.23. The van der Waals surface area contributed by atoms with Crippen LogP contribution in [0.1, 0.15) is 46.4 Å². The van der Waals surface area contributed by atoms with E-state index in [1.54, 1.807) is 38.1 Å². The Morgan fingerprint density at radius 1 is 1.00 bits per heavy atom. The standard InChI is InChI=1S/C20H18N2O6/c1-10(2)14(20(26)27)21-15(13-8-5-9-28-13)16(19(21)25)22-17(23)11-6-3-4-7-12(11)18(22)24/h3-10,14-16H,1-2H3,(H,26,27)/t14-,15-,16+/m0/s1. The smallest absolute Gasteiger partial charge is 0.326 e. The highest BCUT2D eigenvalue weighted by Gasteiger charge is 2.60. The van der Waals surface area contributed by atoms with Crippen molar-refractivity contribution in [2.24, 2.45) is 5.92 Å². The molecule has 4 rings (SSSR count). The van der Waals surface area contributed by atoms with Gasteiger partial charge >= 0.3 is 5.97 Å². The Hall–Kier alpha value is -3.42. The summed E-state index contributed by atoms with van der Waals surface area (Å²) < 4.78 is 5.43. The summed E-state index contributed by atoms with van der Waals surface area (Å²) in [4.78, 5) is 52.6. The minimum absolute atomic E-state index is 0.232. The summed E-state index contributed by atoms with van der Waals surface area (Å²) in [5.41, 5.74) is 0.464. The fourth-order valence-corrected chi connectivity index (χ4v) is 3.99. The van der Waals surface area contributed by atoms with Gasteiger partial charge in [0.2, 0.25) is 5.91 Å². The lowest BCUT2D eigenvalue weighted by Crippen LogP contribution is -2.70. The van der Waals surface area contributed by atoms with E-state index in [-0.39, 0.29) is 17.0 Å². The molecule has 1 fully saturated rings. The predicted molar refractivity (Wildman–Crippen MR) is 95.3 cm³/mol. The van der Waals surface area contributed by atoms with Crippen LogP contribution >= 0.6 is 0 Å². The first-order chi connectivity index (χ1) is 13.3. The second kappa shape index (κ2) is 6.33. The second-order valence-corrected chi connectivity index (χ2v) is 7.20. The number of nitrogens with zero attached hydrogens (tertiary/aromatic N) is 2. The van der Waals surface area contributed by atoms with Gasteiger partial charge in [0.1, 0.15) is 23.9 Å². The first kappa shape index (κ1) is 18.0. The molecule has 0 radical (unpaired) electrons. The fraction of sp³-hybridized carbons (Fsp3) is 0.300. The van der Waals surface area contributed by atoms with Crippen LogP contribution in [0.5, 0.6) is 0 Å². The molecular formula is C20H18N2O6. The number of furan rings is 1. The highest BCUT2D eigenvalue weighted by atomic mass is 16.4. The van der Waals surface area contributed by atoms with E-state index in [4.69, 9.17) is 4.42 Å². The molecule has 1 aromatic carbocycles. The second-order valence-electron chi connectivity index (χ2n) is 7.20.